The molecule has 0 saturated carbocycles. The third-order valence-corrected chi connectivity index (χ3v) is 3.42. The van der Waals surface area contributed by atoms with Crippen LogP contribution in [0.5, 0.6) is 11.5 Å². The normalized spacial score (nSPS) is 11.5. The van der Waals surface area contributed by atoms with Gasteiger partial charge in [0, 0.05) is 25.3 Å². The van der Waals surface area contributed by atoms with Crippen LogP contribution >= 0.6 is 0 Å². The molecule has 8 heteroatoms. The number of ether oxygens (including phenoxy) is 3. The summed E-state index contributed by atoms with van der Waals surface area (Å²) >= 11 is 0. The van der Waals surface area contributed by atoms with Crippen LogP contribution < -0.4 is 20.1 Å². The van der Waals surface area contributed by atoms with Crippen LogP contribution in [0.25, 0.3) is 0 Å². The highest BCUT2D eigenvalue weighted by Gasteiger charge is 2.11. The second kappa shape index (κ2) is 13.2. The van der Waals surface area contributed by atoms with E-state index in [4.69, 9.17) is 9.47 Å². The molecule has 0 aliphatic heterocycles. The summed E-state index contributed by atoms with van der Waals surface area (Å²) < 4.78 is 40.3. The molecule has 26 heavy (non-hydrogen) atoms. The third-order valence-electron chi connectivity index (χ3n) is 3.42. The molecular formula is C18H29F2N3O3. The van der Waals surface area contributed by atoms with Gasteiger partial charge in [0.05, 0.1) is 20.3 Å². The Labute approximate surface area is 153 Å². The molecule has 0 aliphatic rings. The van der Waals surface area contributed by atoms with E-state index in [-0.39, 0.29) is 12.3 Å². The molecule has 0 aliphatic carbocycles. The van der Waals surface area contributed by atoms with E-state index in [1.165, 1.54) is 13.2 Å². The second-order valence-corrected chi connectivity index (χ2v) is 5.44. The fraction of sp³-hybridized carbons (Fsp3) is 0.611. The van der Waals surface area contributed by atoms with Crippen LogP contribution in [-0.4, -0.2) is 46.0 Å². The number of nitrogens with zero attached hydrogens (tertiary/aromatic N) is 1. The van der Waals surface area contributed by atoms with E-state index in [0.717, 1.165) is 19.4 Å². The molecule has 148 valence electrons. The SMILES string of the molecule is CCCCOCCNC(=NCc1cc(OC)ccc1OC(F)F)NCC. The van der Waals surface area contributed by atoms with E-state index in [1.54, 1.807) is 12.1 Å². The molecule has 0 heterocycles. The lowest BCUT2D eigenvalue weighted by Gasteiger charge is -2.13. The van der Waals surface area contributed by atoms with Crippen molar-refractivity contribution >= 4 is 5.96 Å². The van der Waals surface area contributed by atoms with E-state index in [1.807, 2.05) is 6.92 Å². The predicted molar refractivity (Wildman–Crippen MR) is 98.2 cm³/mol. The summed E-state index contributed by atoms with van der Waals surface area (Å²) in [6, 6.07) is 4.67. The third kappa shape index (κ3) is 8.84. The number of halogens is 2. The molecule has 0 unspecified atom stereocenters. The molecule has 0 fully saturated rings. The summed E-state index contributed by atoms with van der Waals surface area (Å²) in [5, 5.41) is 6.26. The second-order valence-electron chi connectivity index (χ2n) is 5.44. The first-order chi connectivity index (χ1) is 12.6. The maximum Gasteiger partial charge on any atom is 0.387 e. The van der Waals surface area contributed by atoms with Crippen molar-refractivity contribution in [2.75, 3.05) is 33.4 Å². The lowest BCUT2D eigenvalue weighted by molar-refractivity contribution is -0.0504. The minimum absolute atomic E-state index is 0.0864. The number of unbranched alkanes of at least 4 members (excludes halogenated alkanes) is 1. The van der Waals surface area contributed by atoms with Gasteiger partial charge >= 0.3 is 6.61 Å². The fourth-order valence-corrected chi connectivity index (χ4v) is 2.11. The maximum atomic E-state index is 12.6. The highest BCUT2D eigenvalue weighted by atomic mass is 19.3. The molecule has 0 spiro atoms. The largest absolute Gasteiger partial charge is 0.497 e. The molecular weight excluding hydrogens is 344 g/mol. The van der Waals surface area contributed by atoms with Gasteiger partial charge in [-0.2, -0.15) is 8.78 Å². The number of hydrogen-bond donors (Lipinski definition) is 2. The molecule has 0 aromatic heterocycles. The van der Waals surface area contributed by atoms with Crippen molar-refractivity contribution in [3.63, 3.8) is 0 Å². The zero-order valence-electron chi connectivity index (χ0n) is 15.7. The Kier molecular flexibility index (Phi) is 11.1. The van der Waals surface area contributed by atoms with Crippen molar-refractivity contribution in [1.82, 2.24) is 10.6 Å². The zero-order valence-corrected chi connectivity index (χ0v) is 15.7. The maximum absolute atomic E-state index is 12.6. The predicted octanol–water partition coefficient (Wildman–Crippen LogP) is 3.17. The number of guanidine groups is 1. The molecule has 0 saturated heterocycles. The molecule has 0 amide bonds. The molecule has 0 atom stereocenters. The zero-order chi connectivity index (χ0) is 19.2. The molecule has 0 bridgehead atoms. The molecule has 1 aromatic rings. The van der Waals surface area contributed by atoms with Gasteiger partial charge in [-0.15, -0.1) is 0 Å². The summed E-state index contributed by atoms with van der Waals surface area (Å²) in [6.07, 6.45) is 2.14. The van der Waals surface area contributed by atoms with Gasteiger partial charge in [0.2, 0.25) is 0 Å². The summed E-state index contributed by atoms with van der Waals surface area (Å²) in [5.41, 5.74) is 0.515. The van der Waals surface area contributed by atoms with Crippen LogP contribution in [0.15, 0.2) is 23.2 Å². The topological polar surface area (TPSA) is 64.1 Å². The monoisotopic (exact) mass is 373 g/mol. The average molecular weight is 373 g/mol. The Balaban J connectivity index is 2.69. The van der Waals surface area contributed by atoms with Gasteiger partial charge in [0.15, 0.2) is 5.96 Å². The van der Waals surface area contributed by atoms with E-state index >= 15 is 0 Å². The van der Waals surface area contributed by atoms with Gasteiger partial charge in [0.1, 0.15) is 11.5 Å². The van der Waals surface area contributed by atoms with E-state index in [2.05, 4.69) is 27.3 Å². The van der Waals surface area contributed by atoms with E-state index < -0.39 is 6.61 Å². The van der Waals surface area contributed by atoms with Crippen LogP contribution in [-0.2, 0) is 11.3 Å². The summed E-state index contributed by atoms with van der Waals surface area (Å²) in [5.74, 6) is 1.22. The van der Waals surface area contributed by atoms with Crippen molar-refractivity contribution in [3.05, 3.63) is 23.8 Å². The van der Waals surface area contributed by atoms with Gasteiger partial charge in [-0.1, -0.05) is 13.3 Å². The minimum Gasteiger partial charge on any atom is -0.497 e. The van der Waals surface area contributed by atoms with E-state index in [0.29, 0.717) is 37.0 Å². The number of aliphatic imine (C=N–C) groups is 1. The Morgan fingerprint density at radius 3 is 2.65 bits per heavy atom. The summed E-state index contributed by atoms with van der Waals surface area (Å²) in [7, 11) is 1.51. The van der Waals surface area contributed by atoms with Gasteiger partial charge in [-0.3, -0.25) is 0 Å². The lowest BCUT2D eigenvalue weighted by atomic mass is 10.2. The van der Waals surface area contributed by atoms with E-state index in [9.17, 15) is 8.78 Å². The van der Waals surface area contributed by atoms with Crippen molar-refractivity contribution < 1.29 is 23.0 Å². The highest BCUT2D eigenvalue weighted by molar-refractivity contribution is 5.79. The quantitative estimate of drug-likeness (QED) is 0.335. The molecule has 0 radical (unpaired) electrons. The van der Waals surface area contributed by atoms with Crippen LogP contribution in [0.3, 0.4) is 0 Å². The first-order valence-electron chi connectivity index (χ1n) is 8.82. The van der Waals surface area contributed by atoms with Crippen molar-refractivity contribution in [3.8, 4) is 11.5 Å². The molecule has 1 rings (SSSR count). The van der Waals surface area contributed by atoms with Crippen molar-refractivity contribution in [1.29, 1.82) is 0 Å². The number of rotatable bonds is 12. The van der Waals surface area contributed by atoms with Crippen LogP contribution in [0, 0.1) is 0 Å². The van der Waals surface area contributed by atoms with Crippen LogP contribution in [0.2, 0.25) is 0 Å². The number of alkyl halides is 2. The van der Waals surface area contributed by atoms with Crippen molar-refractivity contribution in [2.45, 2.75) is 39.8 Å². The number of nitrogens with one attached hydrogen (secondary N) is 2. The number of benzene rings is 1. The molecule has 1 aromatic carbocycles. The standard InChI is InChI=1S/C18H29F2N3O3/c1-4-6-10-25-11-9-22-18(21-5-2)23-13-14-12-15(24-3)7-8-16(14)26-17(19)20/h7-8,12,17H,4-6,9-11,13H2,1-3H3,(H2,21,22,23). The Morgan fingerprint density at radius 1 is 1.19 bits per heavy atom. The van der Waals surface area contributed by atoms with Crippen LogP contribution in [0.1, 0.15) is 32.3 Å². The molecule has 6 nitrogen and oxygen atoms in total. The van der Waals surface area contributed by atoms with Crippen LogP contribution in [0.4, 0.5) is 8.78 Å². The molecule has 2 N–H and O–H groups in total. The smallest absolute Gasteiger partial charge is 0.387 e. The lowest BCUT2D eigenvalue weighted by Crippen LogP contribution is -2.39. The number of hydrogen-bond acceptors (Lipinski definition) is 4. The Bertz CT molecular complexity index is 542. The summed E-state index contributed by atoms with van der Waals surface area (Å²) in [6.45, 7) is 3.94. The summed E-state index contributed by atoms with van der Waals surface area (Å²) in [4.78, 5) is 4.42. The first kappa shape index (κ1) is 22.0. The van der Waals surface area contributed by atoms with Gasteiger partial charge in [-0.05, 0) is 31.5 Å². The van der Waals surface area contributed by atoms with Gasteiger partial charge in [-0.25, -0.2) is 4.99 Å². The highest BCUT2D eigenvalue weighted by Crippen LogP contribution is 2.26. The average Bonchev–Trinajstić information content (AvgIpc) is 2.63. The number of methoxy groups -OCH3 is 1. The Morgan fingerprint density at radius 2 is 2.00 bits per heavy atom. The van der Waals surface area contributed by atoms with Gasteiger partial charge < -0.3 is 24.8 Å². The van der Waals surface area contributed by atoms with Gasteiger partial charge in [0.25, 0.3) is 0 Å². The minimum atomic E-state index is -2.89. The Hall–Kier alpha value is -2.09. The van der Waals surface area contributed by atoms with Crippen molar-refractivity contribution in [2.24, 2.45) is 4.99 Å². The first-order valence-corrected chi connectivity index (χ1v) is 8.82. The fourth-order valence-electron chi connectivity index (χ4n) is 2.11.